The lowest BCUT2D eigenvalue weighted by Crippen LogP contribution is -2.34. The normalized spacial score (nSPS) is 10.6. The predicted molar refractivity (Wildman–Crippen MR) is 119 cm³/mol. The van der Waals surface area contributed by atoms with E-state index < -0.39 is 4.92 Å². The van der Waals surface area contributed by atoms with Crippen molar-refractivity contribution in [2.75, 3.05) is 13.2 Å². The highest BCUT2D eigenvalue weighted by Crippen LogP contribution is 2.28. The zero-order chi connectivity index (χ0) is 23.3. The zero-order valence-corrected chi connectivity index (χ0v) is 18.5. The summed E-state index contributed by atoms with van der Waals surface area (Å²) < 4.78 is 10.8. The Kier molecular flexibility index (Phi) is 7.45. The molecule has 0 aliphatic rings. The second-order valence-electron chi connectivity index (χ2n) is 6.69. The number of halogens is 2. The van der Waals surface area contributed by atoms with Gasteiger partial charge in [-0.25, -0.2) is 0 Å². The average Bonchev–Trinajstić information content (AvgIpc) is 3.19. The average molecular weight is 477 g/mol. The van der Waals surface area contributed by atoms with E-state index >= 15 is 0 Å². The summed E-state index contributed by atoms with van der Waals surface area (Å²) in [4.78, 5) is 28.8. The Balaban J connectivity index is 1.67. The second kappa shape index (κ2) is 10.3. The lowest BCUT2D eigenvalue weighted by molar-refractivity contribution is -0.385. The van der Waals surface area contributed by atoms with Gasteiger partial charge >= 0.3 is 0 Å². The third-order valence-corrected chi connectivity index (χ3v) is 4.94. The van der Waals surface area contributed by atoms with E-state index in [4.69, 9.17) is 32.5 Å². The monoisotopic (exact) mass is 476 g/mol. The van der Waals surface area contributed by atoms with Crippen molar-refractivity contribution in [1.29, 1.82) is 0 Å². The number of rotatable bonds is 9. The van der Waals surface area contributed by atoms with E-state index in [-0.39, 0.29) is 43.0 Å². The Morgan fingerprint density at radius 3 is 2.75 bits per heavy atom. The molecule has 0 unspecified atom stereocenters. The Labute approximate surface area is 193 Å². The fourth-order valence-corrected chi connectivity index (χ4v) is 3.32. The molecule has 166 valence electrons. The fourth-order valence-electron chi connectivity index (χ4n) is 2.83. The van der Waals surface area contributed by atoms with E-state index in [1.54, 1.807) is 31.2 Å². The van der Waals surface area contributed by atoms with Gasteiger partial charge in [0, 0.05) is 28.8 Å². The summed E-state index contributed by atoms with van der Waals surface area (Å²) in [6.45, 7) is 5.23. The molecule has 0 atom stereocenters. The number of aromatic nitrogens is 2. The van der Waals surface area contributed by atoms with Crippen molar-refractivity contribution in [1.82, 2.24) is 15.0 Å². The highest BCUT2D eigenvalue weighted by Gasteiger charge is 2.19. The predicted octanol–water partition coefficient (Wildman–Crippen LogP) is 4.85. The summed E-state index contributed by atoms with van der Waals surface area (Å²) in [7, 11) is 0. The Morgan fingerprint density at radius 2 is 2.09 bits per heavy atom. The summed E-state index contributed by atoms with van der Waals surface area (Å²) >= 11 is 12.1. The number of nitro benzene ring substituents is 1. The number of ether oxygens (including phenoxy) is 1. The lowest BCUT2D eigenvalue weighted by Gasteiger charge is -2.19. The molecule has 0 bridgehead atoms. The molecule has 1 aromatic heterocycles. The minimum Gasteiger partial charge on any atom is -0.484 e. The third kappa shape index (κ3) is 5.63. The molecule has 0 fully saturated rings. The van der Waals surface area contributed by atoms with Crippen LogP contribution in [0.1, 0.15) is 11.5 Å². The number of carbonyl (C=O) groups is 1. The van der Waals surface area contributed by atoms with Gasteiger partial charge < -0.3 is 14.2 Å². The lowest BCUT2D eigenvalue weighted by atomic mass is 10.2. The first-order valence-electron chi connectivity index (χ1n) is 9.33. The van der Waals surface area contributed by atoms with Gasteiger partial charge in [0.1, 0.15) is 12.3 Å². The number of amides is 1. The number of aryl methyl sites for hydroxylation is 1. The highest BCUT2D eigenvalue weighted by atomic mass is 35.5. The number of hydrogen-bond acceptors (Lipinski definition) is 7. The summed E-state index contributed by atoms with van der Waals surface area (Å²) in [5, 5.41) is 15.7. The molecule has 0 spiro atoms. The van der Waals surface area contributed by atoms with Gasteiger partial charge in [-0.1, -0.05) is 34.4 Å². The van der Waals surface area contributed by atoms with Gasteiger partial charge in [0.05, 0.1) is 9.95 Å². The molecule has 2 aromatic carbocycles. The van der Waals surface area contributed by atoms with E-state index in [9.17, 15) is 14.9 Å². The standard InChI is InChI=1S/C21H18Cl2N4O5/c1-3-8-26(20(28)12-31-15-5-7-18(27(29)30)13(2)9-15)11-19-24-21(25-32-19)16-6-4-14(22)10-17(16)23/h3-7,9-10H,1,8,11-12H2,2H3. The molecule has 0 N–H and O–H groups in total. The van der Waals surface area contributed by atoms with Crippen LogP contribution in [0.5, 0.6) is 5.75 Å². The van der Waals surface area contributed by atoms with Crippen LogP contribution < -0.4 is 4.74 Å². The van der Waals surface area contributed by atoms with Gasteiger partial charge in [-0.05, 0) is 37.3 Å². The van der Waals surface area contributed by atoms with E-state index in [1.807, 2.05) is 0 Å². The highest BCUT2D eigenvalue weighted by molar-refractivity contribution is 6.36. The van der Waals surface area contributed by atoms with Crippen LogP contribution in [0.2, 0.25) is 10.0 Å². The SMILES string of the molecule is C=CCN(Cc1nc(-c2ccc(Cl)cc2Cl)no1)C(=O)COc1ccc([N+](=O)[O-])c(C)c1. The minimum atomic E-state index is -0.480. The van der Waals surface area contributed by atoms with Gasteiger partial charge in [0.15, 0.2) is 6.61 Å². The quantitative estimate of drug-likeness (QED) is 0.246. The summed E-state index contributed by atoms with van der Waals surface area (Å²) in [6.07, 6.45) is 1.56. The molecule has 1 heterocycles. The number of hydrogen-bond donors (Lipinski definition) is 0. The van der Waals surface area contributed by atoms with Crippen LogP contribution in [-0.2, 0) is 11.3 Å². The van der Waals surface area contributed by atoms with Gasteiger partial charge in [0.25, 0.3) is 11.6 Å². The summed E-state index contributed by atoms with van der Waals surface area (Å²) in [5.74, 6) is 0.459. The van der Waals surface area contributed by atoms with E-state index in [0.717, 1.165) is 0 Å². The molecule has 0 saturated heterocycles. The van der Waals surface area contributed by atoms with Crippen LogP contribution in [0, 0.1) is 17.0 Å². The van der Waals surface area contributed by atoms with Crippen LogP contribution in [0.4, 0.5) is 5.69 Å². The molecule has 0 aliphatic carbocycles. The van der Waals surface area contributed by atoms with Crippen molar-refractivity contribution in [3.8, 4) is 17.1 Å². The smallest absolute Gasteiger partial charge is 0.272 e. The van der Waals surface area contributed by atoms with Gasteiger partial charge in [-0.15, -0.1) is 6.58 Å². The topological polar surface area (TPSA) is 112 Å². The Hall–Kier alpha value is -3.43. The molecule has 0 saturated carbocycles. The summed E-state index contributed by atoms with van der Waals surface area (Å²) in [6, 6.07) is 9.17. The second-order valence-corrected chi connectivity index (χ2v) is 7.54. The first-order valence-corrected chi connectivity index (χ1v) is 10.1. The maximum Gasteiger partial charge on any atom is 0.272 e. The van der Waals surface area contributed by atoms with Crippen molar-refractivity contribution in [2.45, 2.75) is 13.5 Å². The summed E-state index contributed by atoms with van der Waals surface area (Å²) in [5.41, 5.74) is 0.955. The largest absolute Gasteiger partial charge is 0.484 e. The molecule has 0 radical (unpaired) electrons. The molecule has 32 heavy (non-hydrogen) atoms. The molecule has 11 heteroatoms. The van der Waals surface area contributed by atoms with Crippen LogP contribution in [-0.4, -0.2) is 39.0 Å². The molecular formula is C21H18Cl2N4O5. The number of benzene rings is 2. The third-order valence-electron chi connectivity index (χ3n) is 4.40. The van der Waals surface area contributed by atoms with E-state index in [2.05, 4.69) is 16.7 Å². The van der Waals surface area contributed by atoms with Crippen molar-refractivity contribution >= 4 is 34.8 Å². The molecule has 1 amide bonds. The molecule has 3 rings (SSSR count). The van der Waals surface area contributed by atoms with Gasteiger partial charge in [-0.3, -0.25) is 14.9 Å². The maximum absolute atomic E-state index is 12.7. The first-order chi connectivity index (χ1) is 15.3. The number of carbonyl (C=O) groups excluding carboxylic acids is 1. The van der Waals surface area contributed by atoms with Crippen molar-refractivity contribution in [2.24, 2.45) is 0 Å². The fraction of sp³-hybridized carbons (Fsp3) is 0.190. The number of nitrogens with zero attached hydrogens (tertiary/aromatic N) is 4. The minimum absolute atomic E-state index is 0.0232. The van der Waals surface area contributed by atoms with E-state index in [0.29, 0.717) is 26.9 Å². The van der Waals surface area contributed by atoms with Gasteiger partial charge in [0.2, 0.25) is 11.7 Å². The number of nitro groups is 1. The molecule has 9 nitrogen and oxygen atoms in total. The van der Waals surface area contributed by atoms with Crippen LogP contribution in [0.25, 0.3) is 11.4 Å². The first kappa shape index (κ1) is 23.2. The van der Waals surface area contributed by atoms with Crippen LogP contribution in [0.15, 0.2) is 53.6 Å². The van der Waals surface area contributed by atoms with Crippen LogP contribution >= 0.6 is 23.2 Å². The van der Waals surface area contributed by atoms with E-state index in [1.165, 1.54) is 23.1 Å². The van der Waals surface area contributed by atoms with Gasteiger partial charge in [-0.2, -0.15) is 4.98 Å². The van der Waals surface area contributed by atoms with Crippen molar-refractivity contribution in [3.05, 3.63) is 80.7 Å². The van der Waals surface area contributed by atoms with Crippen molar-refractivity contribution < 1.29 is 19.0 Å². The molecule has 0 aliphatic heterocycles. The van der Waals surface area contributed by atoms with Crippen LogP contribution in [0.3, 0.4) is 0 Å². The molecular weight excluding hydrogens is 459 g/mol. The Bertz CT molecular complexity index is 1160. The Morgan fingerprint density at radius 1 is 1.31 bits per heavy atom. The maximum atomic E-state index is 12.7. The molecule has 3 aromatic rings. The van der Waals surface area contributed by atoms with Crippen molar-refractivity contribution in [3.63, 3.8) is 0 Å². The zero-order valence-electron chi connectivity index (χ0n) is 17.0.